The molecule has 0 spiro atoms. The quantitative estimate of drug-likeness (QED) is 0.498. The maximum absolute atomic E-state index is 12.3. The van der Waals surface area contributed by atoms with Crippen LogP contribution in [0.25, 0.3) is 0 Å². The SMILES string of the molecule is CCN1CCCC1CNC(=NCc1nnc(C)n1C)NC1CCN(C(=O)C(C)C)CC1. The summed E-state index contributed by atoms with van der Waals surface area (Å²) in [6.07, 6.45) is 4.37. The molecule has 2 aliphatic heterocycles. The highest BCUT2D eigenvalue weighted by molar-refractivity contribution is 5.80. The monoisotopic (exact) mass is 432 g/mol. The summed E-state index contributed by atoms with van der Waals surface area (Å²) in [7, 11) is 1.97. The minimum atomic E-state index is 0.0612. The maximum Gasteiger partial charge on any atom is 0.225 e. The summed E-state index contributed by atoms with van der Waals surface area (Å²) < 4.78 is 1.98. The number of likely N-dealkylation sites (tertiary alicyclic amines) is 2. The number of hydrogen-bond acceptors (Lipinski definition) is 5. The van der Waals surface area contributed by atoms with Gasteiger partial charge in [0.1, 0.15) is 12.4 Å². The first kappa shape index (κ1) is 23.5. The number of likely N-dealkylation sites (N-methyl/N-ethyl adjacent to an activating group) is 1. The number of nitrogens with zero attached hydrogens (tertiary/aromatic N) is 6. The second-order valence-electron chi connectivity index (χ2n) is 9.09. The summed E-state index contributed by atoms with van der Waals surface area (Å²) in [5, 5.41) is 15.6. The second-order valence-corrected chi connectivity index (χ2v) is 9.09. The molecule has 174 valence electrons. The summed E-state index contributed by atoms with van der Waals surface area (Å²) in [6.45, 7) is 13.4. The second kappa shape index (κ2) is 10.9. The lowest BCUT2D eigenvalue weighted by molar-refractivity contribution is -0.135. The van der Waals surface area contributed by atoms with Gasteiger partial charge in [-0.2, -0.15) is 0 Å². The van der Waals surface area contributed by atoms with Gasteiger partial charge in [-0.25, -0.2) is 4.99 Å². The molecule has 1 atom stereocenters. The molecular weight excluding hydrogens is 392 g/mol. The molecular formula is C22H40N8O. The Labute approximate surface area is 186 Å². The van der Waals surface area contributed by atoms with Gasteiger partial charge in [-0.15, -0.1) is 10.2 Å². The third-order valence-corrected chi connectivity index (χ3v) is 6.61. The summed E-state index contributed by atoms with van der Waals surface area (Å²) in [6, 6.07) is 0.870. The highest BCUT2D eigenvalue weighted by Gasteiger charge is 2.26. The topological polar surface area (TPSA) is 90.7 Å². The van der Waals surface area contributed by atoms with Gasteiger partial charge in [0.2, 0.25) is 5.91 Å². The van der Waals surface area contributed by atoms with E-state index >= 15 is 0 Å². The third-order valence-electron chi connectivity index (χ3n) is 6.61. The van der Waals surface area contributed by atoms with Crippen LogP contribution in [0.2, 0.25) is 0 Å². The van der Waals surface area contributed by atoms with Crippen molar-refractivity contribution < 1.29 is 4.79 Å². The van der Waals surface area contributed by atoms with E-state index in [-0.39, 0.29) is 11.8 Å². The van der Waals surface area contributed by atoms with Gasteiger partial charge >= 0.3 is 0 Å². The number of nitrogens with one attached hydrogen (secondary N) is 2. The number of hydrogen-bond donors (Lipinski definition) is 2. The van der Waals surface area contributed by atoms with Crippen LogP contribution < -0.4 is 10.6 Å². The molecule has 1 aromatic rings. The fraction of sp³-hybridized carbons (Fsp3) is 0.818. The van der Waals surface area contributed by atoms with Crippen LogP contribution in [0.1, 0.15) is 58.1 Å². The molecule has 9 nitrogen and oxygen atoms in total. The van der Waals surface area contributed by atoms with Crippen molar-refractivity contribution in [1.82, 2.24) is 35.2 Å². The molecule has 0 aromatic carbocycles. The fourth-order valence-corrected chi connectivity index (χ4v) is 4.45. The van der Waals surface area contributed by atoms with E-state index in [2.05, 4.69) is 32.7 Å². The molecule has 0 saturated carbocycles. The van der Waals surface area contributed by atoms with Crippen LogP contribution in [-0.2, 0) is 18.4 Å². The highest BCUT2D eigenvalue weighted by atomic mass is 16.2. The number of aromatic nitrogens is 3. The van der Waals surface area contributed by atoms with E-state index < -0.39 is 0 Å². The van der Waals surface area contributed by atoms with E-state index in [9.17, 15) is 4.79 Å². The van der Waals surface area contributed by atoms with Crippen LogP contribution in [-0.4, -0.2) is 81.2 Å². The van der Waals surface area contributed by atoms with E-state index in [1.54, 1.807) is 0 Å². The highest BCUT2D eigenvalue weighted by Crippen LogP contribution is 2.16. The number of carbonyl (C=O) groups excluding carboxylic acids is 1. The molecule has 2 aliphatic rings. The standard InChI is InChI=1S/C22H40N8O/c1-6-29-11-7-8-19(29)14-23-22(24-15-20-27-26-17(4)28(20)5)25-18-9-12-30(13-10-18)21(31)16(2)3/h16,18-19H,6-15H2,1-5H3,(H2,23,24,25). The van der Waals surface area contributed by atoms with Crippen molar-refractivity contribution >= 4 is 11.9 Å². The average Bonchev–Trinajstić information content (AvgIpc) is 3.36. The molecule has 2 fully saturated rings. The third kappa shape index (κ3) is 6.18. The lowest BCUT2D eigenvalue weighted by Crippen LogP contribution is -2.52. The van der Waals surface area contributed by atoms with Crippen LogP contribution in [0.15, 0.2) is 4.99 Å². The zero-order valence-electron chi connectivity index (χ0n) is 19.9. The number of amides is 1. The van der Waals surface area contributed by atoms with Crippen molar-refractivity contribution in [2.45, 2.75) is 72.0 Å². The van der Waals surface area contributed by atoms with E-state index in [4.69, 9.17) is 4.99 Å². The Morgan fingerprint density at radius 3 is 2.55 bits per heavy atom. The largest absolute Gasteiger partial charge is 0.355 e. The van der Waals surface area contributed by atoms with E-state index in [1.165, 1.54) is 19.4 Å². The van der Waals surface area contributed by atoms with Crippen LogP contribution in [0.4, 0.5) is 0 Å². The van der Waals surface area contributed by atoms with Crippen LogP contribution in [0.5, 0.6) is 0 Å². The summed E-state index contributed by atoms with van der Waals surface area (Å²) in [4.78, 5) is 21.6. The van der Waals surface area contributed by atoms with Crippen LogP contribution in [0.3, 0.4) is 0 Å². The molecule has 0 radical (unpaired) electrons. The zero-order chi connectivity index (χ0) is 22.4. The van der Waals surface area contributed by atoms with Gasteiger partial charge in [0, 0.05) is 44.7 Å². The zero-order valence-corrected chi connectivity index (χ0v) is 19.9. The van der Waals surface area contributed by atoms with E-state index in [1.807, 2.05) is 37.3 Å². The van der Waals surface area contributed by atoms with Gasteiger partial charge in [-0.1, -0.05) is 20.8 Å². The van der Waals surface area contributed by atoms with Gasteiger partial charge < -0.3 is 20.1 Å². The first-order chi connectivity index (χ1) is 14.9. The van der Waals surface area contributed by atoms with Crippen molar-refractivity contribution in [1.29, 1.82) is 0 Å². The molecule has 0 bridgehead atoms. The molecule has 3 rings (SSSR count). The fourth-order valence-electron chi connectivity index (χ4n) is 4.45. The summed E-state index contributed by atoms with van der Waals surface area (Å²) >= 11 is 0. The summed E-state index contributed by atoms with van der Waals surface area (Å²) in [5.41, 5.74) is 0. The first-order valence-corrected chi connectivity index (χ1v) is 11.8. The number of carbonyl (C=O) groups is 1. The number of rotatable bonds is 7. The van der Waals surface area contributed by atoms with Crippen molar-refractivity contribution in [3.05, 3.63) is 11.6 Å². The number of guanidine groups is 1. The van der Waals surface area contributed by atoms with Crippen molar-refractivity contribution in [2.75, 3.05) is 32.7 Å². The maximum atomic E-state index is 12.3. The normalized spacial score (nSPS) is 21.2. The van der Waals surface area contributed by atoms with Crippen LogP contribution in [0, 0.1) is 12.8 Å². The number of piperidine rings is 1. The minimum Gasteiger partial charge on any atom is -0.355 e. The smallest absolute Gasteiger partial charge is 0.225 e. The van der Waals surface area contributed by atoms with Crippen LogP contribution >= 0.6 is 0 Å². The number of aliphatic imine (C=N–C) groups is 1. The number of aryl methyl sites for hydroxylation is 1. The van der Waals surface area contributed by atoms with Gasteiger partial charge in [-0.05, 0) is 45.7 Å². The Balaban J connectivity index is 1.60. The Morgan fingerprint density at radius 1 is 1.19 bits per heavy atom. The molecule has 3 heterocycles. The molecule has 2 N–H and O–H groups in total. The molecule has 1 unspecified atom stereocenters. The lowest BCUT2D eigenvalue weighted by atomic mass is 10.0. The summed E-state index contributed by atoms with van der Waals surface area (Å²) in [5.74, 6) is 2.89. The van der Waals surface area contributed by atoms with E-state index in [0.29, 0.717) is 18.6 Å². The Kier molecular flexibility index (Phi) is 8.28. The average molecular weight is 433 g/mol. The van der Waals surface area contributed by atoms with E-state index in [0.717, 1.165) is 56.6 Å². The minimum absolute atomic E-state index is 0.0612. The van der Waals surface area contributed by atoms with Gasteiger partial charge in [0.05, 0.1) is 0 Å². The molecule has 0 aliphatic carbocycles. The van der Waals surface area contributed by atoms with Crippen molar-refractivity contribution in [3.8, 4) is 0 Å². The van der Waals surface area contributed by atoms with Gasteiger partial charge in [0.25, 0.3) is 0 Å². The molecule has 2 saturated heterocycles. The first-order valence-electron chi connectivity index (χ1n) is 11.8. The Morgan fingerprint density at radius 2 is 1.94 bits per heavy atom. The van der Waals surface area contributed by atoms with Crippen molar-refractivity contribution in [3.63, 3.8) is 0 Å². The van der Waals surface area contributed by atoms with Gasteiger partial charge in [0.15, 0.2) is 11.8 Å². The predicted molar refractivity (Wildman–Crippen MR) is 123 cm³/mol. The lowest BCUT2D eigenvalue weighted by Gasteiger charge is -2.34. The molecule has 31 heavy (non-hydrogen) atoms. The molecule has 1 aromatic heterocycles. The predicted octanol–water partition coefficient (Wildman–Crippen LogP) is 1.29. The Bertz CT molecular complexity index is 751. The van der Waals surface area contributed by atoms with Gasteiger partial charge in [-0.3, -0.25) is 9.69 Å². The molecule has 1 amide bonds. The Hall–Kier alpha value is -2.16. The van der Waals surface area contributed by atoms with Crippen molar-refractivity contribution in [2.24, 2.45) is 18.0 Å². The molecule has 9 heteroatoms.